The highest BCUT2D eigenvalue weighted by Gasteiger charge is 2.19. The first-order valence-electron chi connectivity index (χ1n) is 6.36. The Labute approximate surface area is 114 Å². The fraction of sp³-hybridized carbons (Fsp3) is 0.909. The van der Waals surface area contributed by atoms with Gasteiger partial charge in [0, 0.05) is 31.9 Å². The lowest BCUT2D eigenvalue weighted by atomic mass is 10.4. The van der Waals surface area contributed by atoms with Gasteiger partial charge in [0.15, 0.2) is 0 Å². The van der Waals surface area contributed by atoms with E-state index in [9.17, 15) is 13.2 Å². The number of nitrogens with one attached hydrogen (secondary N) is 1. The van der Waals surface area contributed by atoms with Gasteiger partial charge in [0.05, 0.1) is 5.75 Å². The van der Waals surface area contributed by atoms with E-state index in [1.54, 1.807) is 4.90 Å². The highest BCUT2D eigenvalue weighted by atomic mass is 35.5. The molecule has 1 aliphatic heterocycles. The predicted octanol–water partition coefficient (Wildman–Crippen LogP) is 0.937. The number of carbonyl (C=O) groups is 1. The van der Waals surface area contributed by atoms with Gasteiger partial charge in [-0.05, 0) is 25.7 Å². The number of likely N-dealkylation sites (tertiary alicyclic amines) is 1. The number of hydrogen-bond donors (Lipinski definition) is 1. The first-order chi connectivity index (χ1) is 8.55. The van der Waals surface area contributed by atoms with Crippen LogP contribution >= 0.6 is 11.6 Å². The van der Waals surface area contributed by atoms with Gasteiger partial charge in [-0.2, -0.15) is 0 Å². The minimum Gasteiger partial charge on any atom is -0.343 e. The maximum atomic E-state index is 11.5. The fourth-order valence-electron chi connectivity index (χ4n) is 1.90. The molecule has 1 heterocycles. The number of rotatable bonds is 9. The molecule has 1 amide bonds. The first kappa shape index (κ1) is 15.7. The fourth-order valence-corrected chi connectivity index (χ4v) is 3.27. The summed E-state index contributed by atoms with van der Waals surface area (Å²) in [6.45, 7) is 1.84. The Morgan fingerprint density at radius 2 is 2.06 bits per heavy atom. The number of nitrogens with zero attached hydrogens (tertiary/aromatic N) is 1. The SMILES string of the molecule is O=C1CCCN1CCCNS(=O)(=O)CCCCCl. The smallest absolute Gasteiger partial charge is 0.222 e. The van der Waals surface area contributed by atoms with Crippen LogP contribution in [0.1, 0.15) is 32.1 Å². The molecule has 1 saturated heterocycles. The van der Waals surface area contributed by atoms with Gasteiger partial charge in [-0.1, -0.05) is 0 Å². The molecular formula is C11H21ClN2O3S. The monoisotopic (exact) mass is 296 g/mol. The maximum Gasteiger partial charge on any atom is 0.222 e. The molecule has 0 radical (unpaired) electrons. The van der Waals surface area contributed by atoms with Crippen molar-refractivity contribution in [2.45, 2.75) is 32.1 Å². The number of alkyl halides is 1. The van der Waals surface area contributed by atoms with E-state index in [2.05, 4.69) is 4.72 Å². The third-order valence-corrected chi connectivity index (χ3v) is 4.63. The van der Waals surface area contributed by atoms with Crippen LogP contribution in [0.3, 0.4) is 0 Å². The molecule has 0 aliphatic carbocycles. The van der Waals surface area contributed by atoms with E-state index in [0.717, 1.165) is 13.0 Å². The van der Waals surface area contributed by atoms with Crippen LogP contribution in [0, 0.1) is 0 Å². The minimum atomic E-state index is -3.18. The lowest BCUT2D eigenvalue weighted by molar-refractivity contribution is -0.127. The summed E-state index contributed by atoms with van der Waals surface area (Å²) in [5.74, 6) is 0.801. The Balaban J connectivity index is 2.11. The lowest BCUT2D eigenvalue weighted by Gasteiger charge is -2.15. The molecule has 0 aromatic carbocycles. The zero-order valence-corrected chi connectivity index (χ0v) is 12.1. The zero-order chi connectivity index (χ0) is 13.4. The van der Waals surface area contributed by atoms with E-state index in [-0.39, 0.29) is 11.7 Å². The Hall–Kier alpha value is -0.330. The normalized spacial score (nSPS) is 16.5. The largest absolute Gasteiger partial charge is 0.343 e. The van der Waals surface area contributed by atoms with Gasteiger partial charge in [0.2, 0.25) is 15.9 Å². The van der Waals surface area contributed by atoms with Crippen molar-refractivity contribution in [3.63, 3.8) is 0 Å². The van der Waals surface area contributed by atoms with Crippen LogP contribution in [-0.2, 0) is 14.8 Å². The molecule has 1 rings (SSSR count). The average Bonchev–Trinajstić information content (AvgIpc) is 2.71. The molecule has 1 aliphatic rings. The molecule has 0 bridgehead atoms. The number of halogens is 1. The number of hydrogen-bond acceptors (Lipinski definition) is 3. The summed E-state index contributed by atoms with van der Waals surface area (Å²) in [5, 5.41) is 0. The standard InChI is InChI=1S/C11H21ClN2O3S/c12-6-1-2-10-18(16,17)13-7-4-9-14-8-3-5-11(14)15/h13H,1-10H2. The van der Waals surface area contributed by atoms with Crippen molar-refractivity contribution in [2.75, 3.05) is 31.3 Å². The van der Waals surface area contributed by atoms with Gasteiger partial charge in [-0.3, -0.25) is 4.79 Å². The number of amides is 1. The molecule has 18 heavy (non-hydrogen) atoms. The van der Waals surface area contributed by atoms with Crippen LogP contribution in [0.4, 0.5) is 0 Å². The van der Waals surface area contributed by atoms with Crippen LogP contribution in [0.5, 0.6) is 0 Å². The van der Waals surface area contributed by atoms with E-state index in [1.165, 1.54) is 0 Å². The summed E-state index contributed by atoms with van der Waals surface area (Å²) in [4.78, 5) is 13.1. The van der Waals surface area contributed by atoms with Crippen molar-refractivity contribution in [1.82, 2.24) is 9.62 Å². The number of carbonyl (C=O) groups excluding carboxylic acids is 1. The van der Waals surface area contributed by atoms with E-state index >= 15 is 0 Å². The Morgan fingerprint density at radius 1 is 1.28 bits per heavy atom. The molecule has 1 N–H and O–H groups in total. The van der Waals surface area contributed by atoms with Gasteiger partial charge in [-0.25, -0.2) is 13.1 Å². The third kappa shape index (κ3) is 6.02. The van der Waals surface area contributed by atoms with Gasteiger partial charge < -0.3 is 4.90 Å². The minimum absolute atomic E-state index is 0.127. The molecule has 0 unspecified atom stereocenters. The van der Waals surface area contributed by atoms with E-state index in [1.807, 2.05) is 0 Å². The topological polar surface area (TPSA) is 66.5 Å². The first-order valence-corrected chi connectivity index (χ1v) is 8.55. The van der Waals surface area contributed by atoms with Crippen LogP contribution in [-0.4, -0.2) is 50.5 Å². The molecular weight excluding hydrogens is 276 g/mol. The summed E-state index contributed by atoms with van der Waals surface area (Å²) < 4.78 is 25.6. The highest BCUT2D eigenvalue weighted by Crippen LogP contribution is 2.09. The van der Waals surface area contributed by atoms with Crippen LogP contribution in [0.25, 0.3) is 0 Å². The molecule has 7 heteroatoms. The maximum absolute atomic E-state index is 11.5. The van der Waals surface area contributed by atoms with Crippen molar-refractivity contribution < 1.29 is 13.2 Å². The van der Waals surface area contributed by atoms with Gasteiger partial charge >= 0.3 is 0 Å². The summed E-state index contributed by atoms with van der Waals surface area (Å²) >= 11 is 5.49. The molecule has 106 valence electrons. The summed E-state index contributed by atoms with van der Waals surface area (Å²) in [7, 11) is -3.18. The molecule has 5 nitrogen and oxygen atoms in total. The van der Waals surface area contributed by atoms with Crippen molar-refractivity contribution in [3.05, 3.63) is 0 Å². The number of unbranched alkanes of at least 4 members (excludes halogenated alkanes) is 1. The summed E-state index contributed by atoms with van der Waals surface area (Å²) in [5.41, 5.74) is 0. The molecule has 0 aromatic heterocycles. The average molecular weight is 297 g/mol. The van der Waals surface area contributed by atoms with Gasteiger partial charge in [0.1, 0.15) is 0 Å². The van der Waals surface area contributed by atoms with Crippen LogP contribution in [0.15, 0.2) is 0 Å². The molecule has 1 fully saturated rings. The van der Waals surface area contributed by atoms with Gasteiger partial charge in [-0.15, -0.1) is 11.6 Å². The summed E-state index contributed by atoms with van der Waals surface area (Å²) in [6, 6.07) is 0. The quantitative estimate of drug-likeness (QED) is 0.509. The Bertz CT molecular complexity index is 359. The van der Waals surface area contributed by atoms with Crippen LogP contribution < -0.4 is 4.72 Å². The Morgan fingerprint density at radius 3 is 2.67 bits per heavy atom. The molecule has 0 atom stereocenters. The van der Waals surface area contributed by atoms with Gasteiger partial charge in [0.25, 0.3) is 0 Å². The lowest BCUT2D eigenvalue weighted by Crippen LogP contribution is -2.31. The van der Waals surface area contributed by atoms with Crippen molar-refractivity contribution in [1.29, 1.82) is 0 Å². The second-order valence-electron chi connectivity index (χ2n) is 4.45. The summed E-state index contributed by atoms with van der Waals surface area (Å²) in [6.07, 6.45) is 3.52. The van der Waals surface area contributed by atoms with E-state index in [0.29, 0.717) is 44.7 Å². The van der Waals surface area contributed by atoms with Crippen molar-refractivity contribution in [2.24, 2.45) is 0 Å². The van der Waals surface area contributed by atoms with E-state index < -0.39 is 10.0 Å². The molecule has 0 saturated carbocycles. The Kier molecular flexibility index (Phi) is 6.96. The van der Waals surface area contributed by atoms with Crippen molar-refractivity contribution >= 4 is 27.5 Å². The van der Waals surface area contributed by atoms with Crippen LogP contribution in [0.2, 0.25) is 0 Å². The number of sulfonamides is 1. The highest BCUT2D eigenvalue weighted by molar-refractivity contribution is 7.89. The zero-order valence-electron chi connectivity index (χ0n) is 10.5. The van der Waals surface area contributed by atoms with Crippen molar-refractivity contribution in [3.8, 4) is 0 Å². The third-order valence-electron chi connectivity index (χ3n) is 2.89. The van der Waals surface area contributed by atoms with E-state index in [4.69, 9.17) is 11.6 Å². The second kappa shape index (κ2) is 7.96. The molecule has 0 spiro atoms. The molecule has 0 aromatic rings. The second-order valence-corrected chi connectivity index (χ2v) is 6.75. The predicted molar refractivity (Wildman–Crippen MR) is 72.2 cm³/mol.